The van der Waals surface area contributed by atoms with E-state index in [-0.39, 0.29) is 0 Å². The third-order valence-corrected chi connectivity index (χ3v) is 8.26. The molecule has 2 N–H and O–H groups in total. The second-order valence-electron chi connectivity index (χ2n) is 7.26. The summed E-state index contributed by atoms with van der Waals surface area (Å²) in [4.78, 5) is 11.0. The van der Waals surface area contributed by atoms with Crippen LogP contribution in [0.4, 0.5) is 0 Å². The zero-order valence-corrected chi connectivity index (χ0v) is 18.1. The first-order valence-electron chi connectivity index (χ1n) is 9.61. The molecule has 30 heavy (non-hydrogen) atoms. The Hall–Kier alpha value is -2.88. The van der Waals surface area contributed by atoms with Crippen molar-refractivity contribution in [3.05, 3.63) is 89.0 Å². The molecule has 0 radical (unpaired) electrons. The Morgan fingerprint density at radius 1 is 0.933 bits per heavy atom. The van der Waals surface area contributed by atoms with E-state index in [0.29, 0.717) is 27.5 Å². The van der Waals surface area contributed by atoms with Crippen molar-refractivity contribution in [3.8, 4) is 5.75 Å². The van der Waals surface area contributed by atoms with Gasteiger partial charge in [-0.2, -0.15) is 0 Å². The molecule has 0 heterocycles. The first kappa shape index (κ1) is 21.8. The number of ether oxygens (including phenoxy) is 1. The number of carbonyl (C=O) groups is 1. The van der Waals surface area contributed by atoms with Crippen molar-refractivity contribution in [3.63, 3.8) is 0 Å². The van der Waals surface area contributed by atoms with Crippen molar-refractivity contribution in [2.24, 2.45) is 0 Å². The Labute approximate surface area is 176 Å². The molecule has 1 atom stereocenters. The Kier molecular flexibility index (Phi) is 6.45. The number of carboxylic acids is 1. The second kappa shape index (κ2) is 8.86. The third kappa shape index (κ3) is 4.04. The predicted molar refractivity (Wildman–Crippen MR) is 119 cm³/mol. The molecule has 3 rings (SSSR count). The van der Waals surface area contributed by atoms with Crippen LogP contribution in [0.2, 0.25) is 0 Å². The number of aryl methyl sites for hydroxylation is 2. The minimum Gasteiger partial charge on any atom is -0.481 e. The first-order chi connectivity index (χ1) is 14.3. The summed E-state index contributed by atoms with van der Waals surface area (Å²) in [6, 6.07) is 19.7. The fraction of sp³-hybridized carbons (Fsp3) is 0.208. The molecule has 156 valence electrons. The summed E-state index contributed by atoms with van der Waals surface area (Å²) >= 11 is 0. The number of carboxylic acid groups (broad SMARTS) is 1. The topological polar surface area (TPSA) is 83.8 Å². The van der Waals surface area contributed by atoms with Crippen molar-refractivity contribution in [1.82, 2.24) is 0 Å². The number of hydrogen-bond donors (Lipinski definition) is 2. The number of hydrogen-bond acceptors (Lipinski definition) is 4. The highest BCUT2D eigenvalue weighted by atomic mass is 31.2. The Bertz CT molecular complexity index is 1050. The van der Waals surface area contributed by atoms with Crippen LogP contribution in [-0.4, -0.2) is 22.8 Å². The van der Waals surface area contributed by atoms with Gasteiger partial charge in [0.05, 0.1) is 0 Å². The number of rotatable bonds is 7. The molecule has 6 heteroatoms. The molecule has 5 nitrogen and oxygen atoms in total. The number of aliphatic carboxylic acids is 1. The molecular formula is C24H25O5P. The van der Waals surface area contributed by atoms with Gasteiger partial charge in [-0.1, -0.05) is 66.7 Å². The van der Waals surface area contributed by atoms with Gasteiger partial charge in [-0.15, -0.1) is 0 Å². The van der Waals surface area contributed by atoms with E-state index in [1.807, 2.05) is 32.0 Å². The highest BCUT2D eigenvalue weighted by Crippen LogP contribution is 2.57. The average molecular weight is 424 g/mol. The van der Waals surface area contributed by atoms with Crippen LogP contribution in [0.5, 0.6) is 5.75 Å². The van der Waals surface area contributed by atoms with E-state index in [9.17, 15) is 14.5 Å². The molecule has 0 bridgehead atoms. The molecule has 0 aliphatic carbocycles. The average Bonchev–Trinajstić information content (AvgIpc) is 2.73. The maximum Gasteiger partial charge on any atom is 0.341 e. The molecule has 0 saturated carbocycles. The van der Waals surface area contributed by atoms with Gasteiger partial charge in [0, 0.05) is 10.6 Å². The van der Waals surface area contributed by atoms with Crippen LogP contribution < -0.4 is 15.3 Å². The van der Waals surface area contributed by atoms with Gasteiger partial charge in [0.2, 0.25) is 0 Å². The lowest BCUT2D eigenvalue weighted by atomic mass is 9.99. The van der Waals surface area contributed by atoms with Crippen molar-refractivity contribution in [2.45, 2.75) is 26.6 Å². The molecule has 0 saturated heterocycles. The molecule has 0 aromatic heterocycles. The van der Waals surface area contributed by atoms with E-state index in [1.54, 1.807) is 55.5 Å². The maximum absolute atomic E-state index is 14.5. The second-order valence-corrected chi connectivity index (χ2v) is 10.1. The van der Waals surface area contributed by atoms with E-state index in [1.165, 1.54) is 0 Å². The highest BCUT2D eigenvalue weighted by Gasteiger charge is 2.38. The van der Waals surface area contributed by atoms with Gasteiger partial charge < -0.3 is 19.5 Å². The lowest BCUT2D eigenvalue weighted by Gasteiger charge is -2.28. The van der Waals surface area contributed by atoms with Crippen molar-refractivity contribution >= 4 is 23.7 Å². The SMILES string of the molecule is Cc1cc(C)c(C(O)P(=O)(c2ccccc2)c2ccccc2)c(C)c1OCC(=O)O. The summed E-state index contributed by atoms with van der Waals surface area (Å²) in [6.07, 6.45) is 0. The lowest BCUT2D eigenvalue weighted by molar-refractivity contribution is -0.139. The van der Waals surface area contributed by atoms with Crippen LogP contribution in [0, 0.1) is 20.8 Å². The van der Waals surface area contributed by atoms with Gasteiger partial charge in [0.15, 0.2) is 13.7 Å². The van der Waals surface area contributed by atoms with Crippen LogP contribution in [0.1, 0.15) is 28.1 Å². The molecule has 0 amide bonds. The monoisotopic (exact) mass is 424 g/mol. The molecule has 0 aliphatic rings. The van der Waals surface area contributed by atoms with Crippen LogP contribution in [0.25, 0.3) is 0 Å². The summed E-state index contributed by atoms with van der Waals surface area (Å²) in [7, 11) is -3.48. The minimum absolute atomic E-state index is 0.393. The van der Waals surface area contributed by atoms with E-state index in [0.717, 1.165) is 11.1 Å². The summed E-state index contributed by atoms with van der Waals surface area (Å²) < 4.78 is 20.0. The summed E-state index contributed by atoms with van der Waals surface area (Å²) in [6.45, 7) is 4.94. The van der Waals surface area contributed by atoms with Crippen LogP contribution in [0.3, 0.4) is 0 Å². The molecule has 0 spiro atoms. The molecule has 1 unspecified atom stereocenters. The van der Waals surface area contributed by atoms with E-state index in [4.69, 9.17) is 9.84 Å². The number of benzene rings is 3. The molecule has 0 aliphatic heterocycles. The summed E-state index contributed by atoms with van der Waals surface area (Å²) in [5, 5.41) is 21.7. The van der Waals surface area contributed by atoms with Crippen molar-refractivity contribution in [1.29, 1.82) is 0 Å². The van der Waals surface area contributed by atoms with Crippen molar-refractivity contribution < 1.29 is 24.3 Å². The Morgan fingerprint density at radius 2 is 1.43 bits per heavy atom. The Balaban J connectivity index is 2.21. The summed E-state index contributed by atoms with van der Waals surface area (Å²) in [5.41, 5.74) is 2.62. The van der Waals surface area contributed by atoms with Crippen molar-refractivity contribution in [2.75, 3.05) is 6.61 Å². The van der Waals surface area contributed by atoms with Gasteiger partial charge in [-0.25, -0.2) is 4.79 Å². The molecule has 3 aromatic rings. The quantitative estimate of drug-likeness (QED) is 0.559. The fourth-order valence-electron chi connectivity index (χ4n) is 3.85. The molecular weight excluding hydrogens is 399 g/mol. The summed E-state index contributed by atoms with van der Waals surface area (Å²) in [5.74, 6) is -2.00. The van der Waals surface area contributed by atoms with Gasteiger partial charge in [0.1, 0.15) is 11.6 Å². The lowest BCUT2D eigenvalue weighted by Crippen LogP contribution is -2.22. The smallest absolute Gasteiger partial charge is 0.341 e. The standard InChI is InChI=1S/C24H25O5P/c1-16-14-17(2)23(29-15-21(25)26)18(3)22(16)24(27)30(28,19-10-6-4-7-11-19)20-12-8-5-9-13-20/h4-14,24,27H,15H2,1-3H3,(H,25,26). The Morgan fingerprint density at radius 3 is 1.90 bits per heavy atom. The number of aliphatic hydroxyl groups excluding tert-OH is 1. The van der Waals surface area contributed by atoms with Gasteiger partial charge in [-0.3, -0.25) is 0 Å². The van der Waals surface area contributed by atoms with Crippen LogP contribution >= 0.6 is 7.14 Å². The zero-order chi connectivity index (χ0) is 21.9. The number of aliphatic hydroxyl groups is 1. The van der Waals surface area contributed by atoms with Crippen LogP contribution in [0.15, 0.2) is 66.7 Å². The largest absolute Gasteiger partial charge is 0.481 e. The normalized spacial score (nSPS) is 12.4. The highest BCUT2D eigenvalue weighted by molar-refractivity contribution is 7.78. The first-order valence-corrected chi connectivity index (χ1v) is 11.4. The molecule has 3 aromatic carbocycles. The maximum atomic E-state index is 14.5. The van der Waals surface area contributed by atoms with E-state index >= 15 is 0 Å². The van der Waals surface area contributed by atoms with E-state index < -0.39 is 25.6 Å². The molecule has 0 fully saturated rings. The van der Waals surface area contributed by atoms with Gasteiger partial charge in [-0.05, 0) is 43.0 Å². The van der Waals surface area contributed by atoms with Gasteiger partial charge in [0.25, 0.3) is 0 Å². The van der Waals surface area contributed by atoms with Gasteiger partial charge >= 0.3 is 5.97 Å². The zero-order valence-electron chi connectivity index (χ0n) is 17.2. The minimum atomic E-state index is -3.48. The fourth-order valence-corrected chi connectivity index (χ4v) is 6.70. The predicted octanol–water partition coefficient (Wildman–Crippen LogP) is 4.08. The van der Waals surface area contributed by atoms with Crippen LogP contribution in [-0.2, 0) is 9.36 Å². The third-order valence-electron chi connectivity index (χ3n) is 5.18. The van der Waals surface area contributed by atoms with E-state index in [2.05, 4.69) is 0 Å².